The summed E-state index contributed by atoms with van der Waals surface area (Å²) in [5, 5.41) is 1.86. The molecule has 1 aliphatic rings. The van der Waals surface area contributed by atoms with E-state index >= 15 is 0 Å². The third-order valence-corrected chi connectivity index (χ3v) is 6.26. The summed E-state index contributed by atoms with van der Waals surface area (Å²) >= 11 is 1.36. The Hall–Kier alpha value is -1.16. The van der Waals surface area contributed by atoms with Crippen LogP contribution < -0.4 is 5.73 Å². The number of piperidine rings is 1. The average Bonchev–Trinajstić information content (AvgIpc) is 2.98. The summed E-state index contributed by atoms with van der Waals surface area (Å²) < 4.78 is 33.7. The van der Waals surface area contributed by atoms with Crippen molar-refractivity contribution in [3.05, 3.63) is 11.6 Å². The van der Waals surface area contributed by atoms with Gasteiger partial charge in [-0.05, 0) is 12.8 Å². The van der Waals surface area contributed by atoms with Gasteiger partial charge in [0.15, 0.2) is 15.8 Å². The van der Waals surface area contributed by atoms with Crippen molar-refractivity contribution in [3.63, 3.8) is 0 Å². The molecule has 0 spiro atoms. The number of imidazole rings is 1. The zero-order valence-electron chi connectivity index (χ0n) is 11.0. The van der Waals surface area contributed by atoms with E-state index < -0.39 is 10.0 Å². The Morgan fingerprint density at radius 3 is 2.80 bits per heavy atom. The number of aromatic nitrogens is 2. The smallest absolute Gasteiger partial charge is 0.262 e. The van der Waals surface area contributed by atoms with Crippen LogP contribution in [0.4, 0.5) is 5.82 Å². The minimum Gasteiger partial charge on any atom is -0.381 e. The first-order valence-electron chi connectivity index (χ1n) is 6.28. The fourth-order valence-electron chi connectivity index (χ4n) is 2.47. The lowest BCUT2D eigenvalue weighted by Gasteiger charge is -2.30. The van der Waals surface area contributed by atoms with Crippen molar-refractivity contribution < 1.29 is 13.2 Å². The van der Waals surface area contributed by atoms with Gasteiger partial charge in [-0.1, -0.05) is 0 Å². The number of nitrogens with two attached hydrogens (primary N) is 1. The van der Waals surface area contributed by atoms with Crippen LogP contribution in [0.2, 0.25) is 0 Å². The molecule has 1 saturated heterocycles. The van der Waals surface area contributed by atoms with Crippen LogP contribution in [0.3, 0.4) is 0 Å². The molecular weight excluding hydrogens is 300 g/mol. The van der Waals surface area contributed by atoms with E-state index in [1.165, 1.54) is 20.0 Å². The second kappa shape index (κ2) is 4.99. The first kappa shape index (κ1) is 13.8. The van der Waals surface area contributed by atoms with Gasteiger partial charge in [0.05, 0.1) is 6.10 Å². The summed E-state index contributed by atoms with van der Waals surface area (Å²) in [6.07, 6.45) is 3.20. The van der Waals surface area contributed by atoms with Crippen molar-refractivity contribution in [2.24, 2.45) is 0 Å². The highest BCUT2D eigenvalue weighted by molar-refractivity contribution is 7.89. The van der Waals surface area contributed by atoms with Crippen LogP contribution in [0, 0.1) is 0 Å². The highest BCUT2D eigenvalue weighted by atomic mass is 32.2. The molecule has 2 aromatic rings. The molecular formula is C11H16N4O3S2. The standard InChI is InChI=1S/C11H16N4O3S2/c1-18-8-2-4-14(5-3-8)20(16,17)10-9(12)13-11-15(10)6-7-19-11/h6-8H,2-5,12H2,1H3. The molecule has 9 heteroatoms. The molecule has 2 aromatic heterocycles. The molecule has 7 nitrogen and oxygen atoms in total. The van der Waals surface area contributed by atoms with Gasteiger partial charge in [0.25, 0.3) is 10.0 Å². The number of hydrogen-bond donors (Lipinski definition) is 1. The molecule has 110 valence electrons. The molecule has 0 saturated carbocycles. The molecule has 0 amide bonds. The number of thiazole rings is 1. The Morgan fingerprint density at radius 1 is 1.45 bits per heavy atom. The van der Waals surface area contributed by atoms with Crippen LogP contribution in [0.25, 0.3) is 4.96 Å². The van der Waals surface area contributed by atoms with Crippen molar-refractivity contribution in [1.82, 2.24) is 13.7 Å². The van der Waals surface area contributed by atoms with E-state index in [-0.39, 0.29) is 16.9 Å². The highest BCUT2D eigenvalue weighted by Crippen LogP contribution is 2.28. The Labute approximate surface area is 121 Å². The third-order valence-electron chi connectivity index (χ3n) is 3.56. The van der Waals surface area contributed by atoms with Gasteiger partial charge in [-0.2, -0.15) is 4.31 Å². The predicted molar refractivity (Wildman–Crippen MR) is 76.3 cm³/mol. The molecule has 1 fully saturated rings. The Kier molecular flexibility index (Phi) is 3.44. The topological polar surface area (TPSA) is 89.9 Å². The van der Waals surface area contributed by atoms with E-state index in [9.17, 15) is 8.42 Å². The number of sulfonamides is 1. The van der Waals surface area contributed by atoms with Crippen molar-refractivity contribution in [1.29, 1.82) is 0 Å². The minimum absolute atomic E-state index is 0.0608. The molecule has 20 heavy (non-hydrogen) atoms. The van der Waals surface area contributed by atoms with E-state index in [1.807, 2.05) is 0 Å². The Morgan fingerprint density at radius 2 is 2.15 bits per heavy atom. The Bertz CT molecular complexity index is 713. The van der Waals surface area contributed by atoms with Crippen LogP contribution >= 0.6 is 11.3 Å². The van der Waals surface area contributed by atoms with Crippen LogP contribution in [0.1, 0.15) is 12.8 Å². The lowest BCUT2D eigenvalue weighted by Crippen LogP contribution is -2.41. The number of nitrogen functional groups attached to an aromatic ring is 1. The summed E-state index contributed by atoms with van der Waals surface area (Å²) in [4.78, 5) is 4.68. The van der Waals surface area contributed by atoms with Gasteiger partial charge in [-0.15, -0.1) is 11.3 Å². The molecule has 0 radical (unpaired) electrons. The molecule has 0 unspecified atom stereocenters. The number of fused-ring (bicyclic) bond motifs is 1. The third kappa shape index (κ3) is 2.10. The monoisotopic (exact) mass is 316 g/mol. The molecule has 0 bridgehead atoms. The molecule has 0 atom stereocenters. The number of nitrogens with zero attached hydrogens (tertiary/aromatic N) is 3. The lowest BCUT2D eigenvalue weighted by molar-refractivity contribution is 0.0604. The summed E-state index contributed by atoms with van der Waals surface area (Å²) in [7, 11) is -1.97. The van der Waals surface area contributed by atoms with Crippen molar-refractivity contribution in [2.75, 3.05) is 25.9 Å². The molecule has 0 aromatic carbocycles. The first-order valence-corrected chi connectivity index (χ1v) is 8.60. The van der Waals surface area contributed by atoms with Gasteiger partial charge in [0.1, 0.15) is 0 Å². The number of rotatable bonds is 3. The zero-order chi connectivity index (χ0) is 14.3. The van der Waals surface area contributed by atoms with Gasteiger partial charge < -0.3 is 10.5 Å². The van der Waals surface area contributed by atoms with Crippen LogP contribution in [-0.4, -0.2) is 48.4 Å². The average molecular weight is 316 g/mol. The fourth-order valence-corrected chi connectivity index (χ4v) is 4.89. The molecule has 3 rings (SSSR count). The molecule has 1 aliphatic heterocycles. The van der Waals surface area contributed by atoms with E-state index in [0.717, 1.165) is 0 Å². The second-order valence-corrected chi connectivity index (χ2v) is 7.42. The SMILES string of the molecule is COC1CCN(S(=O)(=O)c2c(N)nc3sccn23)CC1. The fraction of sp³-hybridized carbons (Fsp3) is 0.545. The van der Waals surface area contributed by atoms with Crippen LogP contribution in [0.15, 0.2) is 16.6 Å². The number of ether oxygens (including phenoxy) is 1. The quantitative estimate of drug-likeness (QED) is 0.903. The Balaban J connectivity index is 1.96. The van der Waals surface area contributed by atoms with Crippen molar-refractivity contribution in [2.45, 2.75) is 24.0 Å². The predicted octanol–water partition coefficient (Wildman–Crippen LogP) is 0.778. The second-order valence-electron chi connectivity index (χ2n) is 4.70. The molecule has 0 aliphatic carbocycles. The van der Waals surface area contributed by atoms with E-state index in [2.05, 4.69) is 4.98 Å². The molecule has 2 N–H and O–H groups in total. The van der Waals surface area contributed by atoms with Crippen molar-refractivity contribution in [3.8, 4) is 0 Å². The minimum atomic E-state index is -3.62. The lowest BCUT2D eigenvalue weighted by atomic mass is 10.1. The van der Waals surface area contributed by atoms with Gasteiger partial charge >= 0.3 is 0 Å². The maximum absolute atomic E-state index is 12.7. The number of hydrogen-bond acceptors (Lipinski definition) is 6. The highest BCUT2D eigenvalue weighted by Gasteiger charge is 2.33. The largest absolute Gasteiger partial charge is 0.381 e. The summed E-state index contributed by atoms with van der Waals surface area (Å²) in [6, 6.07) is 0. The summed E-state index contributed by atoms with van der Waals surface area (Å²) in [6.45, 7) is 0.884. The summed E-state index contributed by atoms with van der Waals surface area (Å²) in [5.41, 5.74) is 5.79. The van der Waals surface area contributed by atoms with E-state index in [0.29, 0.717) is 30.9 Å². The van der Waals surface area contributed by atoms with E-state index in [4.69, 9.17) is 10.5 Å². The zero-order valence-corrected chi connectivity index (χ0v) is 12.7. The number of methoxy groups -OCH3 is 1. The normalized spacial score (nSPS) is 18.9. The molecule has 3 heterocycles. The first-order chi connectivity index (χ1) is 9.54. The van der Waals surface area contributed by atoms with Crippen LogP contribution in [-0.2, 0) is 14.8 Å². The van der Waals surface area contributed by atoms with Gasteiger partial charge in [-0.3, -0.25) is 4.40 Å². The maximum atomic E-state index is 12.7. The van der Waals surface area contributed by atoms with E-state index in [1.54, 1.807) is 18.7 Å². The van der Waals surface area contributed by atoms with Gasteiger partial charge in [0.2, 0.25) is 0 Å². The van der Waals surface area contributed by atoms with Gasteiger partial charge in [-0.25, -0.2) is 13.4 Å². The van der Waals surface area contributed by atoms with Gasteiger partial charge in [0, 0.05) is 31.8 Å². The van der Waals surface area contributed by atoms with Crippen LogP contribution in [0.5, 0.6) is 0 Å². The maximum Gasteiger partial charge on any atom is 0.262 e. The number of anilines is 1. The van der Waals surface area contributed by atoms with Crippen molar-refractivity contribution >= 4 is 32.1 Å². The summed E-state index contributed by atoms with van der Waals surface area (Å²) in [5.74, 6) is 0.0608.